The van der Waals surface area contributed by atoms with Crippen molar-refractivity contribution < 1.29 is 9.59 Å². The zero-order chi connectivity index (χ0) is 15.4. The van der Waals surface area contributed by atoms with Crippen LogP contribution < -0.4 is 10.6 Å². The number of carbonyl (C=O) groups excluding carboxylic acids is 2. The van der Waals surface area contributed by atoms with Gasteiger partial charge in [-0.25, -0.2) is 4.98 Å². The van der Waals surface area contributed by atoms with Crippen LogP contribution in [0.1, 0.15) is 11.1 Å². The Hall–Kier alpha value is -2.40. The molecule has 0 saturated carbocycles. The number of halogens is 1. The van der Waals surface area contributed by atoms with Crippen LogP contribution >= 0.6 is 11.6 Å². The normalized spacial score (nSPS) is 10.0. The summed E-state index contributed by atoms with van der Waals surface area (Å²) in [5.41, 5.74) is 1.98. The van der Waals surface area contributed by atoms with Crippen molar-refractivity contribution in [3.63, 3.8) is 0 Å². The molecule has 0 bridgehead atoms. The monoisotopic (exact) mass is 303 g/mol. The van der Waals surface area contributed by atoms with E-state index in [-0.39, 0.29) is 0 Å². The maximum atomic E-state index is 11.9. The molecule has 0 saturated heterocycles. The summed E-state index contributed by atoms with van der Waals surface area (Å²) >= 11 is 5.97. The predicted molar refractivity (Wildman–Crippen MR) is 82.4 cm³/mol. The number of amides is 2. The highest BCUT2D eigenvalue weighted by atomic mass is 35.5. The number of aryl methyl sites for hydroxylation is 1. The Kier molecular flexibility index (Phi) is 4.55. The van der Waals surface area contributed by atoms with E-state index in [0.717, 1.165) is 5.56 Å². The molecule has 0 fully saturated rings. The third-order valence-corrected chi connectivity index (χ3v) is 3.37. The zero-order valence-electron chi connectivity index (χ0n) is 11.6. The number of nitrogens with one attached hydrogen (secondary N) is 2. The van der Waals surface area contributed by atoms with Crippen LogP contribution in [0.3, 0.4) is 0 Å². The van der Waals surface area contributed by atoms with E-state index in [0.29, 0.717) is 22.1 Å². The molecule has 21 heavy (non-hydrogen) atoms. The van der Waals surface area contributed by atoms with Gasteiger partial charge in [-0.3, -0.25) is 9.59 Å². The molecule has 0 spiro atoms. The number of carbonyl (C=O) groups is 2. The molecule has 1 heterocycles. The first-order valence-electron chi connectivity index (χ1n) is 6.28. The van der Waals surface area contributed by atoms with Crippen molar-refractivity contribution in [1.29, 1.82) is 0 Å². The van der Waals surface area contributed by atoms with E-state index in [1.54, 1.807) is 50.4 Å². The molecular formula is C15H14ClN3O2. The predicted octanol–water partition coefficient (Wildman–Crippen LogP) is 2.93. The first-order valence-corrected chi connectivity index (χ1v) is 6.66. The minimum atomic E-state index is -0.781. The van der Waals surface area contributed by atoms with Crippen LogP contribution in [0.2, 0.25) is 5.02 Å². The fourth-order valence-electron chi connectivity index (χ4n) is 1.70. The lowest BCUT2D eigenvalue weighted by Crippen LogP contribution is -2.30. The van der Waals surface area contributed by atoms with E-state index >= 15 is 0 Å². The Morgan fingerprint density at radius 1 is 1.05 bits per heavy atom. The maximum absolute atomic E-state index is 11.9. The first-order chi connectivity index (χ1) is 9.99. The van der Waals surface area contributed by atoms with Crippen LogP contribution in [0.5, 0.6) is 0 Å². The third kappa shape index (κ3) is 3.58. The van der Waals surface area contributed by atoms with Crippen LogP contribution in [-0.2, 0) is 9.59 Å². The molecule has 2 aromatic rings. The van der Waals surface area contributed by atoms with E-state index in [9.17, 15) is 9.59 Å². The molecule has 2 amide bonds. The Morgan fingerprint density at radius 2 is 1.76 bits per heavy atom. The molecule has 5 nitrogen and oxygen atoms in total. The molecule has 2 rings (SSSR count). The van der Waals surface area contributed by atoms with E-state index in [2.05, 4.69) is 15.6 Å². The number of anilines is 2. The number of benzene rings is 1. The highest BCUT2D eigenvalue weighted by molar-refractivity contribution is 6.43. The average molecular weight is 304 g/mol. The third-order valence-electron chi connectivity index (χ3n) is 2.96. The molecular weight excluding hydrogens is 290 g/mol. The molecule has 1 aromatic heterocycles. The lowest BCUT2D eigenvalue weighted by molar-refractivity contribution is -0.133. The number of nitrogens with zero attached hydrogens (tertiary/aromatic N) is 1. The van der Waals surface area contributed by atoms with Gasteiger partial charge in [-0.05, 0) is 43.2 Å². The fraction of sp³-hybridized carbons (Fsp3) is 0.133. The van der Waals surface area contributed by atoms with Crippen molar-refractivity contribution in [3.8, 4) is 0 Å². The van der Waals surface area contributed by atoms with Gasteiger partial charge in [0.15, 0.2) is 0 Å². The van der Waals surface area contributed by atoms with Gasteiger partial charge in [-0.2, -0.15) is 0 Å². The standard InChI is InChI=1S/C15H14ClN3O2/c1-9-5-4-8-17-13(9)19-15(21)14(20)18-12-7-3-6-11(16)10(12)2/h3-8H,1-2H3,(H,18,20)(H,17,19,21). The van der Waals surface area contributed by atoms with Gasteiger partial charge in [0.2, 0.25) is 0 Å². The van der Waals surface area contributed by atoms with Crippen molar-refractivity contribution in [3.05, 3.63) is 52.7 Å². The second-order valence-electron chi connectivity index (χ2n) is 4.49. The second kappa shape index (κ2) is 6.37. The van der Waals surface area contributed by atoms with Crippen molar-refractivity contribution in [1.82, 2.24) is 4.98 Å². The fourth-order valence-corrected chi connectivity index (χ4v) is 1.88. The summed E-state index contributed by atoms with van der Waals surface area (Å²) in [6, 6.07) is 8.63. The van der Waals surface area contributed by atoms with Gasteiger partial charge in [-0.15, -0.1) is 0 Å². The van der Waals surface area contributed by atoms with Gasteiger partial charge in [0, 0.05) is 16.9 Å². The molecule has 0 aliphatic carbocycles. The molecule has 0 aliphatic heterocycles. The minimum absolute atomic E-state index is 0.362. The summed E-state index contributed by atoms with van der Waals surface area (Å²) in [6.45, 7) is 3.56. The molecule has 108 valence electrons. The van der Waals surface area contributed by atoms with Crippen molar-refractivity contribution in [2.45, 2.75) is 13.8 Å². The summed E-state index contributed by atoms with van der Waals surface area (Å²) in [5, 5.41) is 5.52. The van der Waals surface area contributed by atoms with Crippen LogP contribution in [0.25, 0.3) is 0 Å². The molecule has 6 heteroatoms. The van der Waals surface area contributed by atoms with Gasteiger partial charge >= 0.3 is 11.8 Å². The second-order valence-corrected chi connectivity index (χ2v) is 4.90. The zero-order valence-corrected chi connectivity index (χ0v) is 12.4. The smallest absolute Gasteiger partial charge is 0.315 e. The number of pyridine rings is 1. The van der Waals surface area contributed by atoms with Gasteiger partial charge < -0.3 is 10.6 Å². The molecule has 1 aromatic carbocycles. The van der Waals surface area contributed by atoms with E-state index in [1.807, 2.05) is 0 Å². The summed E-state index contributed by atoms with van der Waals surface area (Å²) in [4.78, 5) is 27.8. The Morgan fingerprint density at radius 3 is 2.48 bits per heavy atom. The first kappa shape index (κ1) is 15.0. The number of hydrogen-bond acceptors (Lipinski definition) is 3. The van der Waals surface area contributed by atoms with E-state index in [1.165, 1.54) is 0 Å². The molecule has 0 unspecified atom stereocenters. The van der Waals surface area contributed by atoms with Gasteiger partial charge in [0.1, 0.15) is 5.82 Å². The average Bonchev–Trinajstić information content (AvgIpc) is 2.46. The quantitative estimate of drug-likeness (QED) is 0.838. The largest absolute Gasteiger partial charge is 0.317 e. The summed E-state index contributed by atoms with van der Waals surface area (Å²) in [6.07, 6.45) is 1.54. The minimum Gasteiger partial charge on any atom is -0.317 e. The lowest BCUT2D eigenvalue weighted by Gasteiger charge is -2.10. The Bertz CT molecular complexity index is 701. The topological polar surface area (TPSA) is 71.1 Å². The van der Waals surface area contributed by atoms with Gasteiger partial charge in [-0.1, -0.05) is 23.7 Å². The van der Waals surface area contributed by atoms with Gasteiger partial charge in [0.25, 0.3) is 0 Å². The SMILES string of the molecule is Cc1cccnc1NC(=O)C(=O)Nc1cccc(Cl)c1C. The molecule has 2 N–H and O–H groups in total. The summed E-state index contributed by atoms with van der Waals surface area (Å²) in [5.74, 6) is -1.19. The van der Waals surface area contributed by atoms with Crippen molar-refractivity contribution in [2.75, 3.05) is 10.6 Å². The van der Waals surface area contributed by atoms with Crippen LogP contribution in [0.4, 0.5) is 11.5 Å². The number of aromatic nitrogens is 1. The molecule has 0 aliphatic rings. The van der Waals surface area contributed by atoms with Crippen LogP contribution in [0.15, 0.2) is 36.5 Å². The number of rotatable bonds is 2. The molecule has 0 atom stereocenters. The van der Waals surface area contributed by atoms with Crippen LogP contribution in [-0.4, -0.2) is 16.8 Å². The summed E-state index contributed by atoms with van der Waals surface area (Å²) < 4.78 is 0. The van der Waals surface area contributed by atoms with E-state index in [4.69, 9.17) is 11.6 Å². The van der Waals surface area contributed by atoms with Crippen molar-refractivity contribution in [2.24, 2.45) is 0 Å². The maximum Gasteiger partial charge on any atom is 0.315 e. The lowest BCUT2D eigenvalue weighted by atomic mass is 10.2. The highest BCUT2D eigenvalue weighted by Crippen LogP contribution is 2.22. The molecule has 0 radical (unpaired) electrons. The summed E-state index contributed by atoms with van der Waals surface area (Å²) in [7, 11) is 0. The Balaban J connectivity index is 2.08. The Labute approximate surface area is 127 Å². The number of hydrogen-bond donors (Lipinski definition) is 2. The van der Waals surface area contributed by atoms with Gasteiger partial charge in [0.05, 0.1) is 0 Å². The van der Waals surface area contributed by atoms with Crippen molar-refractivity contribution >= 4 is 34.9 Å². The van der Waals surface area contributed by atoms with Crippen LogP contribution in [0, 0.1) is 13.8 Å². The highest BCUT2D eigenvalue weighted by Gasteiger charge is 2.16. The van der Waals surface area contributed by atoms with E-state index < -0.39 is 11.8 Å².